The van der Waals surface area contributed by atoms with Crippen molar-refractivity contribution >= 4 is 17.2 Å². The summed E-state index contributed by atoms with van der Waals surface area (Å²) in [5.41, 5.74) is 1.34. The highest BCUT2D eigenvalue weighted by Gasteiger charge is 2.22. The van der Waals surface area contributed by atoms with Crippen molar-refractivity contribution in [1.82, 2.24) is 20.0 Å². The molecule has 0 saturated carbocycles. The van der Waals surface area contributed by atoms with E-state index in [4.69, 9.17) is 0 Å². The zero-order chi connectivity index (χ0) is 16.8. The molecule has 6 heteroatoms. The van der Waals surface area contributed by atoms with Crippen LogP contribution < -0.4 is 5.32 Å². The van der Waals surface area contributed by atoms with Crippen molar-refractivity contribution in [3.8, 4) is 0 Å². The van der Waals surface area contributed by atoms with E-state index in [2.05, 4.69) is 45.9 Å². The van der Waals surface area contributed by atoms with E-state index in [1.54, 1.807) is 11.3 Å². The molecule has 0 radical (unpaired) electrons. The number of piperidine rings is 1. The molecule has 3 heterocycles. The molecule has 0 aliphatic carbocycles. The van der Waals surface area contributed by atoms with Crippen LogP contribution in [0.4, 0.5) is 0 Å². The minimum atomic E-state index is 0.142. The molecule has 1 aliphatic rings. The lowest BCUT2D eigenvalue weighted by Crippen LogP contribution is -2.41. The predicted molar refractivity (Wildman–Crippen MR) is 97.3 cm³/mol. The van der Waals surface area contributed by atoms with Gasteiger partial charge in [-0.2, -0.15) is 5.10 Å². The van der Waals surface area contributed by atoms with Crippen molar-refractivity contribution in [3.63, 3.8) is 0 Å². The van der Waals surface area contributed by atoms with Crippen LogP contribution in [0.25, 0.3) is 0 Å². The summed E-state index contributed by atoms with van der Waals surface area (Å²) in [6, 6.07) is 4.17. The number of hydrogen-bond acceptors (Lipinski definition) is 4. The maximum Gasteiger partial charge on any atom is 0.234 e. The second-order valence-electron chi connectivity index (χ2n) is 6.36. The zero-order valence-electron chi connectivity index (χ0n) is 14.3. The molecule has 0 aromatic carbocycles. The summed E-state index contributed by atoms with van der Waals surface area (Å²) in [6.07, 6.45) is 7.31. The highest BCUT2D eigenvalue weighted by molar-refractivity contribution is 7.09. The number of rotatable bonds is 7. The Hall–Kier alpha value is -1.66. The van der Waals surface area contributed by atoms with Crippen molar-refractivity contribution in [2.24, 2.45) is 0 Å². The van der Waals surface area contributed by atoms with Crippen LogP contribution in [0.5, 0.6) is 0 Å². The van der Waals surface area contributed by atoms with Gasteiger partial charge in [0.15, 0.2) is 0 Å². The smallest absolute Gasteiger partial charge is 0.234 e. The fourth-order valence-corrected chi connectivity index (χ4v) is 3.94. The van der Waals surface area contributed by atoms with E-state index in [0.29, 0.717) is 12.5 Å². The van der Waals surface area contributed by atoms with Crippen LogP contribution in [0.15, 0.2) is 29.9 Å². The van der Waals surface area contributed by atoms with Gasteiger partial charge < -0.3 is 5.32 Å². The Bertz CT molecular complexity index is 629. The third kappa shape index (κ3) is 4.68. The van der Waals surface area contributed by atoms with Crippen molar-refractivity contribution in [2.75, 3.05) is 26.2 Å². The number of thiophene rings is 1. The van der Waals surface area contributed by atoms with Crippen molar-refractivity contribution in [1.29, 1.82) is 0 Å². The van der Waals surface area contributed by atoms with Gasteiger partial charge in [0.2, 0.25) is 5.91 Å². The monoisotopic (exact) mass is 346 g/mol. The van der Waals surface area contributed by atoms with Gasteiger partial charge in [0.1, 0.15) is 0 Å². The van der Waals surface area contributed by atoms with Gasteiger partial charge >= 0.3 is 0 Å². The number of aromatic nitrogens is 2. The summed E-state index contributed by atoms with van der Waals surface area (Å²) in [5, 5.41) is 9.48. The Morgan fingerprint density at radius 3 is 2.92 bits per heavy atom. The highest BCUT2D eigenvalue weighted by atomic mass is 32.1. The number of aryl methyl sites for hydroxylation is 1. The fourth-order valence-electron chi connectivity index (χ4n) is 3.23. The molecule has 3 rings (SSSR count). The first-order valence-electron chi connectivity index (χ1n) is 8.78. The largest absolute Gasteiger partial charge is 0.355 e. The summed E-state index contributed by atoms with van der Waals surface area (Å²) in [4.78, 5) is 15.7. The summed E-state index contributed by atoms with van der Waals surface area (Å²) in [6.45, 7) is 6.25. The molecular formula is C18H26N4OS. The van der Waals surface area contributed by atoms with Crippen LogP contribution in [0.1, 0.15) is 36.1 Å². The van der Waals surface area contributed by atoms with Gasteiger partial charge in [0.25, 0.3) is 0 Å². The van der Waals surface area contributed by atoms with Gasteiger partial charge in [0, 0.05) is 24.2 Å². The lowest BCUT2D eigenvalue weighted by molar-refractivity contribution is -0.122. The quantitative estimate of drug-likeness (QED) is 0.838. The molecule has 1 amide bonds. The minimum Gasteiger partial charge on any atom is -0.355 e. The first-order valence-corrected chi connectivity index (χ1v) is 9.66. The molecular weight excluding hydrogens is 320 g/mol. The molecule has 0 bridgehead atoms. The van der Waals surface area contributed by atoms with Gasteiger partial charge in [-0.1, -0.05) is 6.07 Å². The number of carbonyl (C=O) groups excluding carboxylic acids is 1. The average molecular weight is 347 g/mol. The third-order valence-electron chi connectivity index (χ3n) is 4.68. The normalized spacial score (nSPS) is 16.4. The highest BCUT2D eigenvalue weighted by Crippen LogP contribution is 2.27. The Kier molecular flexibility index (Phi) is 6.04. The number of carbonyl (C=O) groups is 1. The molecule has 5 nitrogen and oxygen atoms in total. The van der Waals surface area contributed by atoms with E-state index in [1.165, 1.54) is 10.4 Å². The number of amides is 1. The van der Waals surface area contributed by atoms with Crippen LogP contribution in [0, 0.1) is 0 Å². The van der Waals surface area contributed by atoms with Crippen LogP contribution in [0.3, 0.4) is 0 Å². The van der Waals surface area contributed by atoms with E-state index in [0.717, 1.165) is 45.4 Å². The second-order valence-corrected chi connectivity index (χ2v) is 7.39. The summed E-state index contributed by atoms with van der Waals surface area (Å²) < 4.78 is 1.99. The molecule has 0 unspecified atom stereocenters. The Morgan fingerprint density at radius 2 is 2.25 bits per heavy atom. The number of hydrogen-bond donors (Lipinski definition) is 1. The maximum atomic E-state index is 12.1. The van der Waals surface area contributed by atoms with Gasteiger partial charge in [-0.15, -0.1) is 11.3 Å². The molecule has 2 aromatic rings. The van der Waals surface area contributed by atoms with Crippen molar-refractivity contribution < 1.29 is 4.79 Å². The molecule has 0 atom stereocenters. The first-order chi connectivity index (χ1) is 11.7. The summed E-state index contributed by atoms with van der Waals surface area (Å²) >= 11 is 1.74. The molecule has 1 saturated heterocycles. The Balaban J connectivity index is 1.36. The fraction of sp³-hybridized carbons (Fsp3) is 0.556. The van der Waals surface area contributed by atoms with Gasteiger partial charge in [-0.05, 0) is 62.2 Å². The average Bonchev–Trinajstić information content (AvgIpc) is 3.27. The SMILES string of the molecule is CCn1cc(C2CCN(CC(=O)NCCc3cccs3)CC2)cn1. The molecule has 2 aromatic heterocycles. The van der Waals surface area contributed by atoms with Crippen LogP contribution in [-0.4, -0.2) is 46.8 Å². The van der Waals surface area contributed by atoms with E-state index in [-0.39, 0.29) is 5.91 Å². The molecule has 24 heavy (non-hydrogen) atoms. The van der Waals surface area contributed by atoms with Gasteiger partial charge in [-0.25, -0.2) is 0 Å². The molecule has 1 aliphatic heterocycles. The van der Waals surface area contributed by atoms with Crippen LogP contribution >= 0.6 is 11.3 Å². The number of nitrogens with one attached hydrogen (secondary N) is 1. The minimum absolute atomic E-state index is 0.142. The van der Waals surface area contributed by atoms with E-state index in [9.17, 15) is 4.79 Å². The molecule has 1 fully saturated rings. The first kappa shape index (κ1) is 17.2. The zero-order valence-corrected chi connectivity index (χ0v) is 15.1. The van der Waals surface area contributed by atoms with Gasteiger partial charge in [-0.3, -0.25) is 14.4 Å². The maximum absolute atomic E-state index is 12.1. The topological polar surface area (TPSA) is 50.2 Å². The summed E-state index contributed by atoms with van der Waals surface area (Å²) in [5.74, 6) is 0.729. The Morgan fingerprint density at radius 1 is 1.42 bits per heavy atom. The van der Waals surface area contributed by atoms with Crippen molar-refractivity contribution in [2.45, 2.75) is 38.6 Å². The van der Waals surface area contributed by atoms with E-state index >= 15 is 0 Å². The van der Waals surface area contributed by atoms with Crippen LogP contribution in [-0.2, 0) is 17.8 Å². The van der Waals surface area contributed by atoms with Gasteiger partial charge in [0.05, 0.1) is 12.7 Å². The van der Waals surface area contributed by atoms with Crippen LogP contribution in [0.2, 0.25) is 0 Å². The molecule has 0 spiro atoms. The molecule has 1 N–H and O–H groups in total. The lowest BCUT2D eigenvalue weighted by Gasteiger charge is -2.31. The number of likely N-dealkylation sites (tertiary alicyclic amines) is 1. The molecule has 130 valence electrons. The van der Waals surface area contributed by atoms with E-state index < -0.39 is 0 Å². The standard InChI is InChI=1S/C18H26N4OS/c1-2-22-13-16(12-20-22)15-6-9-21(10-7-15)14-18(23)19-8-5-17-4-3-11-24-17/h3-4,11-13,15H,2,5-10,14H2,1H3,(H,19,23). The Labute approximate surface area is 147 Å². The lowest BCUT2D eigenvalue weighted by atomic mass is 9.91. The predicted octanol–water partition coefficient (Wildman–Crippen LogP) is 2.50. The number of nitrogens with zero attached hydrogens (tertiary/aromatic N) is 3. The van der Waals surface area contributed by atoms with E-state index in [1.807, 2.05) is 10.9 Å². The van der Waals surface area contributed by atoms with Crippen molar-refractivity contribution in [3.05, 3.63) is 40.3 Å². The third-order valence-corrected chi connectivity index (χ3v) is 5.61. The second kappa shape index (κ2) is 8.44. The summed E-state index contributed by atoms with van der Waals surface area (Å²) in [7, 11) is 0.